The van der Waals surface area contributed by atoms with Gasteiger partial charge in [0.1, 0.15) is 6.61 Å². The Morgan fingerprint density at radius 2 is 2.18 bits per heavy atom. The van der Waals surface area contributed by atoms with Gasteiger partial charge in [-0.1, -0.05) is 31.8 Å². The van der Waals surface area contributed by atoms with Gasteiger partial charge in [-0.05, 0) is 42.4 Å². The van der Waals surface area contributed by atoms with Crippen LogP contribution in [0.4, 0.5) is 0 Å². The molecule has 0 amide bonds. The molecule has 0 aliphatic heterocycles. The molecule has 3 saturated carbocycles. The average molecular weight is 232 g/mol. The highest BCUT2D eigenvalue weighted by atomic mass is 16.5. The fourth-order valence-electron chi connectivity index (χ4n) is 3.62. The lowest BCUT2D eigenvalue weighted by molar-refractivity contribution is -0.122. The molecule has 3 aliphatic carbocycles. The molecule has 0 heterocycles. The third-order valence-corrected chi connectivity index (χ3v) is 4.88. The SMILES string of the molecule is C=CCC#CCOC[C@H]1CC[C@@H]2C[C@H]1C2(C)C. The first-order chi connectivity index (χ1) is 8.16. The zero-order chi connectivity index (χ0) is 12.3. The van der Waals surface area contributed by atoms with Crippen LogP contribution in [-0.2, 0) is 4.74 Å². The first-order valence-electron chi connectivity index (χ1n) is 6.80. The molecule has 1 nitrogen and oxygen atoms in total. The molecule has 3 rings (SSSR count). The molecule has 2 bridgehead atoms. The predicted molar refractivity (Wildman–Crippen MR) is 71.5 cm³/mol. The van der Waals surface area contributed by atoms with Gasteiger partial charge in [0.25, 0.3) is 0 Å². The molecule has 0 aromatic heterocycles. The number of hydrogen-bond acceptors (Lipinski definition) is 1. The van der Waals surface area contributed by atoms with E-state index in [0.717, 1.165) is 30.8 Å². The topological polar surface area (TPSA) is 9.23 Å². The third kappa shape index (κ3) is 2.58. The number of allylic oxidation sites excluding steroid dienone is 1. The van der Waals surface area contributed by atoms with Crippen molar-refractivity contribution in [1.82, 2.24) is 0 Å². The van der Waals surface area contributed by atoms with Crippen LogP contribution in [0.1, 0.15) is 39.5 Å². The maximum atomic E-state index is 5.70. The predicted octanol–water partition coefficient (Wildman–Crippen LogP) is 3.65. The van der Waals surface area contributed by atoms with Gasteiger partial charge in [0.15, 0.2) is 0 Å². The Hall–Kier alpha value is -0.740. The largest absolute Gasteiger partial charge is 0.368 e. The van der Waals surface area contributed by atoms with Crippen LogP contribution in [0.5, 0.6) is 0 Å². The van der Waals surface area contributed by atoms with Crippen molar-refractivity contribution in [1.29, 1.82) is 0 Å². The van der Waals surface area contributed by atoms with Crippen LogP contribution in [0.2, 0.25) is 0 Å². The molecule has 17 heavy (non-hydrogen) atoms. The molecule has 0 saturated heterocycles. The molecule has 0 spiro atoms. The summed E-state index contributed by atoms with van der Waals surface area (Å²) in [6, 6.07) is 0. The average Bonchev–Trinajstić information content (AvgIpc) is 2.33. The highest BCUT2D eigenvalue weighted by Crippen LogP contribution is 2.61. The van der Waals surface area contributed by atoms with Crippen molar-refractivity contribution in [2.75, 3.05) is 13.2 Å². The Balaban J connectivity index is 1.70. The second kappa shape index (κ2) is 5.27. The molecule has 3 atom stereocenters. The highest BCUT2D eigenvalue weighted by molar-refractivity contribution is 5.04. The standard InChI is InChI=1S/C16H24O/c1-4-5-6-7-10-17-12-13-8-9-14-11-15(13)16(14,2)3/h4,13-15H,1,5,8-12H2,2-3H3/t13-,14-,15-/m1/s1. The minimum absolute atomic E-state index is 0.570. The molecule has 1 heteroatoms. The lowest BCUT2D eigenvalue weighted by atomic mass is 9.46. The quantitative estimate of drug-likeness (QED) is 0.408. The van der Waals surface area contributed by atoms with Gasteiger partial charge in [-0.2, -0.15) is 0 Å². The monoisotopic (exact) mass is 232 g/mol. The van der Waals surface area contributed by atoms with Crippen molar-refractivity contribution < 1.29 is 4.74 Å². The molecule has 0 aromatic rings. The molecular formula is C16H24O. The van der Waals surface area contributed by atoms with Crippen LogP contribution in [0.15, 0.2) is 12.7 Å². The van der Waals surface area contributed by atoms with Crippen LogP contribution in [0.3, 0.4) is 0 Å². The fraction of sp³-hybridized carbons (Fsp3) is 0.750. The summed E-state index contributed by atoms with van der Waals surface area (Å²) in [5.74, 6) is 8.70. The summed E-state index contributed by atoms with van der Waals surface area (Å²) in [6.07, 6.45) is 6.79. The molecule has 3 aliphatic rings. The van der Waals surface area contributed by atoms with Crippen LogP contribution in [-0.4, -0.2) is 13.2 Å². The lowest BCUT2D eigenvalue weighted by Gasteiger charge is -2.60. The first kappa shape index (κ1) is 12.7. The van der Waals surface area contributed by atoms with Crippen molar-refractivity contribution in [3.8, 4) is 11.8 Å². The van der Waals surface area contributed by atoms with E-state index >= 15 is 0 Å². The number of hydrogen-bond donors (Lipinski definition) is 0. The number of ether oxygens (including phenoxy) is 1. The van der Waals surface area contributed by atoms with E-state index in [1.54, 1.807) is 0 Å². The summed E-state index contributed by atoms with van der Waals surface area (Å²) in [5.41, 5.74) is 0.570. The summed E-state index contributed by atoms with van der Waals surface area (Å²) in [6.45, 7) is 10.00. The van der Waals surface area contributed by atoms with Crippen LogP contribution in [0, 0.1) is 35.0 Å². The van der Waals surface area contributed by atoms with E-state index in [1.165, 1.54) is 19.3 Å². The van der Waals surface area contributed by atoms with Gasteiger partial charge < -0.3 is 4.74 Å². The Kier molecular flexibility index (Phi) is 3.94. The van der Waals surface area contributed by atoms with Crippen LogP contribution in [0.25, 0.3) is 0 Å². The number of fused-ring (bicyclic) bond motifs is 2. The van der Waals surface area contributed by atoms with E-state index in [-0.39, 0.29) is 0 Å². The second-order valence-corrected chi connectivity index (χ2v) is 6.06. The summed E-state index contributed by atoms with van der Waals surface area (Å²) in [4.78, 5) is 0. The molecule has 0 unspecified atom stereocenters. The molecular weight excluding hydrogens is 208 g/mol. The van der Waals surface area contributed by atoms with Gasteiger partial charge in [0, 0.05) is 6.42 Å². The smallest absolute Gasteiger partial charge is 0.107 e. The van der Waals surface area contributed by atoms with Crippen molar-refractivity contribution in [3.05, 3.63) is 12.7 Å². The van der Waals surface area contributed by atoms with Crippen molar-refractivity contribution in [2.24, 2.45) is 23.2 Å². The van der Waals surface area contributed by atoms with Gasteiger partial charge >= 0.3 is 0 Å². The highest BCUT2D eigenvalue weighted by Gasteiger charge is 2.53. The van der Waals surface area contributed by atoms with E-state index in [2.05, 4.69) is 32.3 Å². The Morgan fingerprint density at radius 3 is 2.82 bits per heavy atom. The van der Waals surface area contributed by atoms with Crippen molar-refractivity contribution in [3.63, 3.8) is 0 Å². The first-order valence-corrected chi connectivity index (χ1v) is 6.80. The third-order valence-electron chi connectivity index (χ3n) is 4.88. The summed E-state index contributed by atoms with van der Waals surface area (Å²) < 4.78 is 5.70. The normalized spacial score (nSPS) is 33.2. The van der Waals surface area contributed by atoms with E-state index in [0.29, 0.717) is 12.0 Å². The van der Waals surface area contributed by atoms with Crippen molar-refractivity contribution in [2.45, 2.75) is 39.5 Å². The van der Waals surface area contributed by atoms with Crippen LogP contribution < -0.4 is 0 Å². The van der Waals surface area contributed by atoms with Gasteiger partial charge in [0.2, 0.25) is 0 Å². The van der Waals surface area contributed by atoms with Gasteiger partial charge in [-0.15, -0.1) is 6.58 Å². The lowest BCUT2D eigenvalue weighted by Crippen LogP contribution is -2.53. The minimum atomic E-state index is 0.570. The second-order valence-electron chi connectivity index (χ2n) is 6.06. The maximum absolute atomic E-state index is 5.70. The van der Waals surface area contributed by atoms with Crippen LogP contribution >= 0.6 is 0 Å². The fourth-order valence-corrected chi connectivity index (χ4v) is 3.62. The Labute approximate surface area is 106 Å². The van der Waals surface area contributed by atoms with E-state index in [1.807, 2.05) is 6.08 Å². The van der Waals surface area contributed by atoms with Gasteiger partial charge in [-0.3, -0.25) is 0 Å². The van der Waals surface area contributed by atoms with E-state index in [4.69, 9.17) is 4.74 Å². The minimum Gasteiger partial charge on any atom is -0.368 e. The molecule has 0 aromatic carbocycles. The molecule has 94 valence electrons. The molecule has 0 radical (unpaired) electrons. The molecule has 3 fully saturated rings. The Bertz CT molecular complexity index is 329. The van der Waals surface area contributed by atoms with Gasteiger partial charge in [0.05, 0.1) is 6.61 Å². The molecule has 0 N–H and O–H groups in total. The van der Waals surface area contributed by atoms with Crippen molar-refractivity contribution >= 4 is 0 Å². The Morgan fingerprint density at radius 1 is 1.35 bits per heavy atom. The number of rotatable bonds is 4. The summed E-state index contributed by atoms with van der Waals surface area (Å²) in [7, 11) is 0. The van der Waals surface area contributed by atoms with E-state index in [9.17, 15) is 0 Å². The zero-order valence-corrected chi connectivity index (χ0v) is 11.2. The zero-order valence-electron chi connectivity index (χ0n) is 11.2. The van der Waals surface area contributed by atoms with E-state index < -0.39 is 0 Å². The maximum Gasteiger partial charge on any atom is 0.107 e. The summed E-state index contributed by atoms with van der Waals surface area (Å²) in [5, 5.41) is 0. The summed E-state index contributed by atoms with van der Waals surface area (Å²) >= 11 is 0. The van der Waals surface area contributed by atoms with Gasteiger partial charge in [-0.25, -0.2) is 0 Å².